The lowest BCUT2D eigenvalue weighted by Crippen LogP contribution is -2.22. The summed E-state index contributed by atoms with van der Waals surface area (Å²) >= 11 is 0. The van der Waals surface area contributed by atoms with Crippen molar-refractivity contribution in [2.45, 2.75) is 39.7 Å². The van der Waals surface area contributed by atoms with Crippen LogP contribution in [0.25, 0.3) is 11.1 Å². The van der Waals surface area contributed by atoms with Crippen molar-refractivity contribution in [3.05, 3.63) is 95.6 Å². The van der Waals surface area contributed by atoms with Gasteiger partial charge in [0.1, 0.15) is 23.7 Å². The highest BCUT2D eigenvalue weighted by molar-refractivity contribution is 6.34. The van der Waals surface area contributed by atoms with E-state index in [4.69, 9.17) is 9.47 Å². The highest BCUT2D eigenvalue weighted by Gasteiger charge is 2.20. The summed E-state index contributed by atoms with van der Waals surface area (Å²) in [5.41, 5.74) is 4.01. The van der Waals surface area contributed by atoms with Gasteiger partial charge in [-0.15, -0.1) is 0 Å². The normalized spacial score (nSPS) is 12.3. The molecule has 0 N–H and O–H groups in total. The summed E-state index contributed by atoms with van der Waals surface area (Å²) in [6.45, 7) is 9.59. The number of benzene rings is 3. The fourth-order valence-electron chi connectivity index (χ4n) is 3.84. The number of likely N-dealkylation sites (N-methyl/N-ethyl adjacent to an activating group) is 1. The SMILES string of the molecule is CCC(=C(C(=O)c1ccc(OCCN(C)C)cc1)c1ccc(OC(C)(C)C)cc1)c1ccccc1. The molecule has 0 fully saturated rings. The van der Waals surface area contributed by atoms with Gasteiger partial charge in [-0.25, -0.2) is 0 Å². The Bertz CT molecular complexity index is 1120. The molecule has 0 aliphatic heterocycles. The van der Waals surface area contributed by atoms with E-state index in [1.165, 1.54) is 0 Å². The Morgan fingerprint density at radius 1 is 0.771 bits per heavy atom. The topological polar surface area (TPSA) is 38.8 Å². The Morgan fingerprint density at radius 2 is 1.34 bits per heavy atom. The zero-order valence-electron chi connectivity index (χ0n) is 21.8. The molecule has 0 aromatic heterocycles. The van der Waals surface area contributed by atoms with E-state index in [0.717, 1.165) is 41.2 Å². The van der Waals surface area contributed by atoms with Gasteiger partial charge in [0.15, 0.2) is 5.78 Å². The fourth-order valence-corrected chi connectivity index (χ4v) is 3.84. The summed E-state index contributed by atoms with van der Waals surface area (Å²) < 4.78 is 11.8. The molecule has 4 heteroatoms. The zero-order chi connectivity index (χ0) is 25.4. The van der Waals surface area contributed by atoms with Crippen LogP contribution in [0.5, 0.6) is 11.5 Å². The highest BCUT2D eigenvalue weighted by atomic mass is 16.5. The summed E-state index contributed by atoms with van der Waals surface area (Å²) in [6, 6.07) is 25.4. The van der Waals surface area contributed by atoms with E-state index in [1.54, 1.807) is 0 Å². The van der Waals surface area contributed by atoms with Crippen LogP contribution in [0.4, 0.5) is 0 Å². The minimum Gasteiger partial charge on any atom is -0.492 e. The lowest BCUT2D eigenvalue weighted by Gasteiger charge is -2.21. The number of ketones is 1. The van der Waals surface area contributed by atoms with Crippen LogP contribution in [-0.2, 0) is 0 Å². The molecule has 0 saturated carbocycles. The summed E-state index contributed by atoms with van der Waals surface area (Å²) in [6.07, 6.45) is 0.733. The lowest BCUT2D eigenvalue weighted by molar-refractivity contribution is 0.105. The summed E-state index contributed by atoms with van der Waals surface area (Å²) in [5.74, 6) is 1.54. The second-order valence-corrected chi connectivity index (χ2v) is 9.82. The number of ether oxygens (including phenoxy) is 2. The molecule has 0 heterocycles. The van der Waals surface area contributed by atoms with E-state index in [0.29, 0.717) is 17.7 Å². The van der Waals surface area contributed by atoms with E-state index in [9.17, 15) is 4.79 Å². The van der Waals surface area contributed by atoms with Gasteiger partial charge in [0, 0.05) is 17.7 Å². The van der Waals surface area contributed by atoms with Crippen LogP contribution in [0.1, 0.15) is 55.6 Å². The molecule has 0 radical (unpaired) electrons. The molecule has 0 aliphatic carbocycles. The average molecular weight is 472 g/mol. The van der Waals surface area contributed by atoms with Crippen molar-refractivity contribution < 1.29 is 14.3 Å². The van der Waals surface area contributed by atoms with Gasteiger partial charge in [0.25, 0.3) is 0 Å². The van der Waals surface area contributed by atoms with Crippen LogP contribution in [0.3, 0.4) is 0 Å². The minimum absolute atomic E-state index is 0.00460. The Labute approximate surface area is 210 Å². The monoisotopic (exact) mass is 471 g/mol. The maximum absolute atomic E-state index is 13.9. The lowest BCUT2D eigenvalue weighted by atomic mass is 9.88. The second-order valence-electron chi connectivity index (χ2n) is 9.82. The summed E-state index contributed by atoms with van der Waals surface area (Å²) in [7, 11) is 4.03. The standard InChI is InChI=1S/C31H37NO3/c1-7-28(23-11-9-8-10-12-23)29(24-13-19-27(20-14-24)35-31(2,3)4)30(33)25-15-17-26(18-16-25)34-22-21-32(5)6/h8-20H,7,21-22H2,1-6H3. The number of hydrogen-bond acceptors (Lipinski definition) is 4. The van der Waals surface area contributed by atoms with Crippen LogP contribution in [-0.4, -0.2) is 43.5 Å². The molecule has 184 valence electrons. The van der Waals surface area contributed by atoms with Crippen molar-refractivity contribution in [3.63, 3.8) is 0 Å². The van der Waals surface area contributed by atoms with E-state index in [-0.39, 0.29) is 11.4 Å². The smallest absolute Gasteiger partial charge is 0.193 e. The third-order valence-corrected chi connectivity index (χ3v) is 5.50. The number of carbonyl (C=O) groups is 1. The number of rotatable bonds is 10. The molecule has 0 spiro atoms. The predicted molar refractivity (Wildman–Crippen MR) is 145 cm³/mol. The van der Waals surface area contributed by atoms with Gasteiger partial charge in [-0.3, -0.25) is 4.79 Å². The van der Waals surface area contributed by atoms with Crippen LogP contribution in [0, 0.1) is 0 Å². The number of Topliss-reactive ketones (excluding diaryl/α,β-unsaturated/α-hetero) is 1. The first-order chi connectivity index (χ1) is 16.7. The molecule has 35 heavy (non-hydrogen) atoms. The third kappa shape index (κ3) is 7.56. The van der Waals surface area contributed by atoms with E-state index in [1.807, 2.05) is 102 Å². The largest absolute Gasteiger partial charge is 0.492 e. The highest BCUT2D eigenvalue weighted by Crippen LogP contribution is 2.33. The van der Waals surface area contributed by atoms with Gasteiger partial charge in [0.05, 0.1) is 0 Å². The third-order valence-electron chi connectivity index (χ3n) is 5.50. The first kappa shape index (κ1) is 26.2. The second kappa shape index (κ2) is 11.9. The molecule has 3 rings (SSSR count). The minimum atomic E-state index is -0.287. The van der Waals surface area contributed by atoms with Crippen LogP contribution in [0.15, 0.2) is 78.9 Å². The molecular formula is C31H37NO3. The predicted octanol–water partition coefficient (Wildman–Crippen LogP) is 7.01. The summed E-state index contributed by atoms with van der Waals surface area (Å²) in [4.78, 5) is 16.0. The van der Waals surface area contributed by atoms with Crippen molar-refractivity contribution in [3.8, 4) is 11.5 Å². The molecule has 0 aliphatic rings. The maximum atomic E-state index is 13.9. The van der Waals surface area contributed by atoms with Crippen molar-refractivity contribution in [1.29, 1.82) is 0 Å². The van der Waals surface area contributed by atoms with Crippen LogP contribution < -0.4 is 9.47 Å². The molecule has 0 atom stereocenters. The Balaban J connectivity index is 1.99. The molecule has 3 aromatic rings. The Morgan fingerprint density at radius 3 is 1.89 bits per heavy atom. The molecule has 0 amide bonds. The van der Waals surface area contributed by atoms with Gasteiger partial charge in [0.2, 0.25) is 0 Å². The first-order valence-corrected chi connectivity index (χ1v) is 12.2. The Kier molecular flexibility index (Phi) is 8.89. The number of hydrogen-bond donors (Lipinski definition) is 0. The first-order valence-electron chi connectivity index (χ1n) is 12.2. The molecule has 0 bridgehead atoms. The number of nitrogens with zero attached hydrogens (tertiary/aromatic N) is 1. The number of carbonyl (C=O) groups excluding carboxylic acids is 1. The molecule has 0 unspecified atom stereocenters. The van der Waals surface area contributed by atoms with Crippen molar-refractivity contribution in [2.24, 2.45) is 0 Å². The van der Waals surface area contributed by atoms with Gasteiger partial charge < -0.3 is 14.4 Å². The number of allylic oxidation sites excluding steroid dienone is 2. The van der Waals surface area contributed by atoms with Crippen LogP contribution in [0.2, 0.25) is 0 Å². The van der Waals surface area contributed by atoms with Crippen LogP contribution >= 0.6 is 0 Å². The fraction of sp³-hybridized carbons (Fsp3) is 0.323. The van der Waals surface area contributed by atoms with Crippen molar-refractivity contribution >= 4 is 16.9 Å². The molecular weight excluding hydrogens is 434 g/mol. The maximum Gasteiger partial charge on any atom is 0.193 e. The van der Waals surface area contributed by atoms with Crippen molar-refractivity contribution in [1.82, 2.24) is 4.90 Å². The average Bonchev–Trinajstić information content (AvgIpc) is 2.82. The van der Waals surface area contributed by atoms with Gasteiger partial charge in [-0.2, -0.15) is 0 Å². The quantitative estimate of drug-likeness (QED) is 0.181. The van der Waals surface area contributed by atoms with Gasteiger partial charge in [-0.1, -0.05) is 49.4 Å². The summed E-state index contributed by atoms with van der Waals surface area (Å²) in [5, 5.41) is 0. The van der Waals surface area contributed by atoms with Crippen molar-refractivity contribution in [2.75, 3.05) is 27.2 Å². The molecule has 3 aromatic carbocycles. The van der Waals surface area contributed by atoms with Gasteiger partial charge in [-0.05, 0) is 94.4 Å². The van der Waals surface area contributed by atoms with E-state index >= 15 is 0 Å². The van der Waals surface area contributed by atoms with Gasteiger partial charge >= 0.3 is 0 Å². The van der Waals surface area contributed by atoms with E-state index < -0.39 is 0 Å². The zero-order valence-corrected chi connectivity index (χ0v) is 21.8. The molecule has 4 nitrogen and oxygen atoms in total. The molecule has 0 saturated heterocycles. The van der Waals surface area contributed by atoms with E-state index in [2.05, 4.69) is 24.0 Å². The Hall–Kier alpha value is -3.37.